The molecule has 2 aromatic heterocycles. The SMILES string of the molecule is Cc1ccc(CC(=O)C[C@H](CCC(=O)O)c2noc(-c3cc(C(C)(C)C)on3)c2C2CC2)c(Cl)c1. The highest BCUT2D eigenvalue weighted by Gasteiger charge is 2.37. The molecule has 1 aromatic carbocycles. The van der Waals surface area contributed by atoms with Crippen LogP contribution < -0.4 is 0 Å². The summed E-state index contributed by atoms with van der Waals surface area (Å²) >= 11 is 6.34. The number of ketones is 1. The van der Waals surface area contributed by atoms with Crippen LogP contribution in [0.3, 0.4) is 0 Å². The lowest BCUT2D eigenvalue weighted by Crippen LogP contribution is -2.13. The topological polar surface area (TPSA) is 106 Å². The molecule has 0 saturated heterocycles. The zero-order valence-corrected chi connectivity index (χ0v) is 21.3. The fourth-order valence-corrected chi connectivity index (χ4v) is 4.58. The standard InChI is InChI=1S/C27H31ClN2O5/c1-15-5-6-17(20(28)11-15)12-19(31)13-18(9-10-23(32)33)25-24(16-7-8-16)26(35-30-25)21-14-22(34-29-21)27(2,3)4/h5-6,11,14,16,18H,7-10,12-13H2,1-4H3,(H,32,33)/t18-/m0/s1. The molecule has 1 aliphatic rings. The maximum absolute atomic E-state index is 13.1. The first kappa shape index (κ1) is 25.2. The van der Waals surface area contributed by atoms with Gasteiger partial charge in [0, 0.05) is 47.2 Å². The van der Waals surface area contributed by atoms with E-state index in [1.54, 1.807) is 0 Å². The van der Waals surface area contributed by atoms with Crippen LogP contribution in [0, 0.1) is 6.92 Å². The van der Waals surface area contributed by atoms with Crippen molar-refractivity contribution in [3.8, 4) is 11.5 Å². The molecule has 1 atom stereocenters. The van der Waals surface area contributed by atoms with Crippen LogP contribution in [0.15, 0.2) is 33.3 Å². The van der Waals surface area contributed by atoms with E-state index in [2.05, 4.69) is 10.3 Å². The van der Waals surface area contributed by atoms with Gasteiger partial charge in [0.05, 0.1) is 5.69 Å². The zero-order valence-electron chi connectivity index (χ0n) is 20.6. The normalized spacial score (nSPS) is 14.8. The van der Waals surface area contributed by atoms with Crippen molar-refractivity contribution in [3.05, 3.63) is 57.4 Å². The maximum Gasteiger partial charge on any atom is 0.303 e. The van der Waals surface area contributed by atoms with Gasteiger partial charge < -0.3 is 14.2 Å². The summed E-state index contributed by atoms with van der Waals surface area (Å²) in [4.78, 5) is 24.4. The molecule has 8 heteroatoms. The van der Waals surface area contributed by atoms with E-state index in [4.69, 9.17) is 20.6 Å². The number of nitrogens with zero attached hydrogens (tertiary/aromatic N) is 2. The van der Waals surface area contributed by atoms with Crippen LogP contribution in [0.1, 0.15) is 92.9 Å². The average molecular weight is 499 g/mol. The third-order valence-electron chi connectivity index (χ3n) is 6.39. The summed E-state index contributed by atoms with van der Waals surface area (Å²) in [6.45, 7) is 8.07. The van der Waals surface area contributed by atoms with Gasteiger partial charge in [-0.3, -0.25) is 9.59 Å². The summed E-state index contributed by atoms with van der Waals surface area (Å²) < 4.78 is 11.3. The van der Waals surface area contributed by atoms with E-state index in [0.717, 1.165) is 35.3 Å². The van der Waals surface area contributed by atoms with Gasteiger partial charge in [-0.1, -0.05) is 54.8 Å². The molecule has 0 bridgehead atoms. The fourth-order valence-electron chi connectivity index (χ4n) is 4.28. The number of carboxylic acids is 1. The van der Waals surface area contributed by atoms with E-state index in [-0.39, 0.29) is 42.3 Å². The first-order chi connectivity index (χ1) is 16.5. The molecule has 1 saturated carbocycles. The molecule has 3 aromatic rings. The van der Waals surface area contributed by atoms with Crippen molar-refractivity contribution in [3.63, 3.8) is 0 Å². The predicted octanol–water partition coefficient (Wildman–Crippen LogP) is 6.62. The van der Waals surface area contributed by atoms with Gasteiger partial charge in [0.1, 0.15) is 11.5 Å². The van der Waals surface area contributed by atoms with Crippen LogP contribution in [-0.2, 0) is 21.4 Å². The van der Waals surface area contributed by atoms with Crippen molar-refractivity contribution < 1.29 is 23.7 Å². The Morgan fingerprint density at radius 1 is 1.17 bits per heavy atom. The van der Waals surface area contributed by atoms with Gasteiger partial charge in [-0.15, -0.1) is 0 Å². The predicted molar refractivity (Wildman–Crippen MR) is 132 cm³/mol. The van der Waals surface area contributed by atoms with Crippen molar-refractivity contribution in [2.45, 2.75) is 83.5 Å². The van der Waals surface area contributed by atoms with E-state index >= 15 is 0 Å². The number of carbonyl (C=O) groups is 2. The summed E-state index contributed by atoms with van der Waals surface area (Å²) in [6, 6.07) is 7.50. The summed E-state index contributed by atoms with van der Waals surface area (Å²) in [7, 11) is 0. The Kier molecular flexibility index (Phi) is 7.17. The van der Waals surface area contributed by atoms with Crippen LogP contribution in [0.4, 0.5) is 0 Å². The van der Waals surface area contributed by atoms with Crippen molar-refractivity contribution in [2.75, 3.05) is 0 Å². The molecule has 4 rings (SSSR count). The molecule has 7 nitrogen and oxygen atoms in total. The molecule has 2 heterocycles. The zero-order chi connectivity index (χ0) is 25.3. The lowest BCUT2D eigenvalue weighted by atomic mass is 9.87. The van der Waals surface area contributed by atoms with E-state index in [1.165, 1.54) is 0 Å². The van der Waals surface area contributed by atoms with Gasteiger partial charge in [0.2, 0.25) is 0 Å². The number of benzene rings is 1. The third-order valence-corrected chi connectivity index (χ3v) is 6.74. The Morgan fingerprint density at radius 3 is 2.51 bits per heavy atom. The summed E-state index contributed by atoms with van der Waals surface area (Å²) in [5.41, 5.74) is 3.74. The molecule has 0 radical (unpaired) electrons. The Balaban J connectivity index is 1.63. The second-order valence-electron chi connectivity index (χ2n) is 10.6. The highest BCUT2D eigenvalue weighted by atomic mass is 35.5. The minimum atomic E-state index is -0.910. The maximum atomic E-state index is 13.1. The first-order valence-corrected chi connectivity index (χ1v) is 12.4. The van der Waals surface area contributed by atoms with Crippen LogP contribution in [0.2, 0.25) is 5.02 Å². The highest BCUT2D eigenvalue weighted by molar-refractivity contribution is 6.31. The molecule has 0 unspecified atom stereocenters. The number of rotatable bonds is 10. The molecule has 186 valence electrons. The smallest absolute Gasteiger partial charge is 0.303 e. The van der Waals surface area contributed by atoms with Crippen molar-refractivity contribution in [1.29, 1.82) is 0 Å². The van der Waals surface area contributed by atoms with E-state index in [9.17, 15) is 14.7 Å². The number of Topliss-reactive ketones (excluding diaryl/α,β-unsaturated/α-hetero) is 1. The molecule has 0 amide bonds. The van der Waals surface area contributed by atoms with Crippen LogP contribution in [0.5, 0.6) is 0 Å². The van der Waals surface area contributed by atoms with Gasteiger partial charge in [-0.25, -0.2) is 0 Å². The second-order valence-corrected chi connectivity index (χ2v) is 11.0. The number of hydrogen-bond acceptors (Lipinski definition) is 6. The van der Waals surface area contributed by atoms with Crippen molar-refractivity contribution in [2.24, 2.45) is 0 Å². The monoisotopic (exact) mass is 498 g/mol. The molecule has 35 heavy (non-hydrogen) atoms. The largest absolute Gasteiger partial charge is 0.481 e. The molecule has 0 spiro atoms. The average Bonchev–Trinajstić information content (AvgIpc) is 3.30. The summed E-state index contributed by atoms with van der Waals surface area (Å²) in [5, 5.41) is 18.5. The quantitative estimate of drug-likeness (QED) is 0.335. The summed E-state index contributed by atoms with van der Waals surface area (Å²) in [5.74, 6) is 0.247. The summed E-state index contributed by atoms with van der Waals surface area (Å²) in [6.07, 6.45) is 2.56. The van der Waals surface area contributed by atoms with E-state index in [0.29, 0.717) is 28.6 Å². The first-order valence-electron chi connectivity index (χ1n) is 12.0. The molecule has 0 aliphatic heterocycles. The number of halogens is 1. The Bertz CT molecular complexity index is 1230. The highest BCUT2D eigenvalue weighted by Crippen LogP contribution is 2.49. The van der Waals surface area contributed by atoms with Gasteiger partial charge in [-0.05, 0) is 49.3 Å². The molecule has 1 aliphatic carbocycles. The molecular weight excluding hydrogens is 468 g/mol. The number of aromatic nitrogens is 2. The molecular formula is C27H31ClN2O5. The Hall–Kier alpha value is -2.93. The molecule has 1 N–H and O–H groups in total. The van der Waals surface area contributed by atoms with E-state index < -0.39 is 5.97 Å². The van der Waals surface area contributed by atoms with Crippen LogP contribution >= 0.6 is 11.6 Å². The number of carboxylic acid groups (broad SMARTS) is 1. The van der Waals surface area contributed by atoms with Gasteiger partial charge in [0.25, 0.3) is 0 Å². The third kappa shape index (κ3) is 6.01. The Morgan fingerprint density at radius 2 is 1.91 bits per heavy atom. The lowest BCUT2D eigenvalue weighted by Gasteiger charge is -2.15. The Labute approximate surface area is 209 Å². The van der Waals surface area contributed by atoms with Gasteiger partial charge in [0.15, 0.2) is 11.5 Å². The minimum Gasteiger partial charge on any atom is -0.481 e. The number of hydrogen-bond donors (Lipinski definition) is 1. The second kappa shape index (κ2) is 9.97. The van der Waals surface area contributed by atoms with E-state index in [1.807, 2.05) is 52.0 Å². The number of aliphatic carboxylic acids is 1. The van der Waals surface area contributed by atoms with Crippen molar-refractivity contribution in [1.82, 2.24) is 10.3 Å². The van der Waals surface area contributed by atoms with Gasteiger partial charge in [-0.2, -0.15) is 0 Å². The van der Waals surface area contributed by atoms with Crippen LogP contribution in [0.25, 0.3) is 11.5 Å². The number of carbonyl (C=O) groups excluding carboxylic acids is 1. The van der Waals surface area contributed by atoms with Crippen LogP contribution in [-0.4, -0.2) is 27.2 Å². The van der Waals surface area contributed by atoms with Gasteiger partial charge >= 0.3 is 5.97 Å². The lowest BCUT2D eigenvalue weighted by molar-refractivity contribution is -0.137. The fraction of sp³-hybridized carbons (Fsp3) is 0.481. The number of aryl methyl sites for hydroxylation is 1. The molecule has 1 fully saturated rings. The van der Waals surface area contributed by atoms with Crippen molar-refractivity contribution >= 4 is 23.4 Å². The minimum absolute atomic E-state index is 0.0195.